The van der Waals surface area contributed by atoms with Gasteiger partial charge >= 0.3 is 29.8 Å². The summed E-state index contributed by atoms with van der Waals surface area (Å²) in [5.74, 6) is -1.52. The molecule has 7 atom stereocenters. The molecule has 1 fully saturated rings. The van der Waals surface area contributed by atoms with Crippen molar-refractivity contribution >= 4 is 45.5 Å². The minimum Gasteiger partial charge on any atom is -0.756 e. The van der Waals surface area contributed by atoms with E-state index < -0.39 is 64.9 Å². The van der Waals surface area contributed by atoms with Crippen molar-refractivity contribution in [2.75, 3.05) is 102 Å². The van der Waals surface area contributed by atoms with Crippen molar-refractivity contribution in [1.82, 2.24) is 0 Å². The molecular formula is C84H158N2O18P2. The molecule has 106 heavy (non-hydrogen) atoms. The lowest BCUT2D eigenvalue weighted by Gasteiger charge is -2.28. The summed E-state index contributed by atoms with van der Waals surface area (Å²) in [5.41, 5.74) is 0.146. The lowest BCUT2D eigenvalue weighted by atomic mass is 9.80. The van der Waals surface area contributed by atoms with Crippen LogP contribution >= 0.6 is 15.6 Å². The van der Waals surface area contributed by atoms with Gasteiger partial charge in [-0.05, 0) is 62.7 Å². The highest BCUT2D eigenvalue weighted by molar-refractivity contribution is 7.46. The lowest BCUT2D eigenvalue weighted by molar-refractivity contribution is -0.870. The van der Waals surface area contributed by atoms with E-state index in [9.17, 15) is 42.9 Å². The molecule has 20 nitrogen and oxygen atoms in total. The summed E-state index contributed by atoms with van der Waals surface area (Å²) in [6.07, 6.45) is 61.2. The van der Waals surface area contributed by atoms with Crippen LogP contribution in [0, 0.1) is 17.3 Å². The summed E-state index contributed by atoms with van der Waals surface area (Å²) in [6, 6.07) is 0. The monoisotopic (exact) mass is 1550 g/mol. The Labute approximate surface area is 646 Å². The number of carbonyl (C=O) groups is 5. The first kappa shape index (κ1) is 99.3. The summed E-state index contributed by atoms with van der Waals surface area (Å²) < 4.78 is 74.4. The van der Waals surface area contributed by atoms with Crippen LogP contribution in [0.5, 0.6) is 0 Å². The zero-order valence-electron chi connectivity index (χ0n) is 68.9. The standard InChI is InChI=1S/C84H158N2O18P2/c1-9-11-13-15-17-19-21-24-28-33-39-45-51-57-79(87)97-71-76(73-101-105(92,93)99-67-64-85(3,4)5)103-81(89)59-53-47-41-35-30-26-23-27-31-37-43-49-55-62-84-63-61-75(69-84)78(70-84)83(91)96-66-56-50-44-38-32-36-42-48-54-60-82(90)104-77(74-102-106(94,95)100-68-65-86(6,7)8)72-98-80(88)58-52-46-40-34-29-25-22-20-18-16-14-12-10-2/h61,63,75-78H,9-60,62,64-74H2,1-8H3/t75?,76-,77+,78?,84?/m1/s1. The molecule has 0 amide bonds. The van der Waals surface area contributed by atoms with Gasteiger partial charge in [0.1, 0.15) is 39.5 Å². The molecule has 0 spiro atoms. The van der Waals surface area contributed by atoms with Crippen LogP contribution in [0.15, 0.2) is 12.2 Å². The van der Waals surface area contributed by atoms with Crippen molar-refractivity contribution < 1.29 is 93.6 Å². The van der Waals surface area contributed by atoms with Crippen LogP contribution in [-0.2, 0) is 74.9 Å². The summed E-state index contributed by atoms with van der Waals surface area (Å²) in [6.45, 7) is 4.19. The highest BCUT2D eigenvalue weighted by Gasteiger charge is 2.49. The van der Waals surface area contributed by atoms with E-state index in [0.29, 0.717) is 60.3 Å². The van der Waals surface area contributed by atoms with Crippen molar-refractivity contribution in [3.8, 4) is 0 Å². The van der Waals surface area contributed by atoms with Gasteiger partial charge in [-0.15, -0.1) is 0 Å². The number of unbranched alkanes of at least 4 members (excludes halogenated alkanes) is 44. The molecule has 2 aliphatic rings. The average molecular weight is 1550 g/mol. The molecule has 2 bridgehead atoms. The Balaban J connectivity index is 1.52. The zero-order valence-corrected chi connectivity index (χ0v) is 70.6. The first-order valence-corrected chi connectivity index (χ1v) is 46.1. The minimum absolute atomic E-state index is 0.0229. The molecule has 0 heterocycles. The summed E-state index contributed by atoms with van der Waals surface area (Å²) in [5, 5.41) is 0. The quantitative estimate of drug-likeness (QED) is 0.0137. The predicted molar refractivity (Wildman–Crippen MR) is 421 cm³/mol. The molecular weight excluding hydrogens is 1390 g/mol. The largest absolute Gasteiger partial charge is 0.756 e. The van der Waals surface area contributed by atoms with Gasteiger partial charge in [-0.3, -0.25) is 33.1 Å². The van der Waals surface area contributed by atoms with E-state index in [4.69, 9.17) is 41.8 Å². The van der Waals surface area contributed by atoms with Gasteiger partial charge in [-0.25, -0.2) is 0 Å². The Morgan fingerprint density at radius 2 is 0.660 bits per heavy atom. The van der Waals surface area contributed by atoms with Crippen LogP contribution < -0.4 is 9.79 Å². The summed E-state index contributed by atoms with van der Waals surface area (Å²) >= 11 is 0. The number of phosphoric ester groups is 2. The molecule has 622 valence electrons. The second-order valence-corrected chi connectivity index (χ2v) is 36.2. The molecule has 1 saturated carbocycles. The third-order valence-electron chi connectivity index (χ3n) is 20.9. The smallest absolute Gasteiger partial charge is 0.309 e. The number of allylic oxidation sites excluding steroid dienone is 2. The maximum Gasteiger partial charge on any atom is 0.309 e. The van der Waals surface area contributed by atoms with Crippen molar-refractivity contribution in [3.63, 3.8) is 0 Å². The van der Waals surface area contributed by atoms with Crippen LogP contribution in [0.1, 0.15) is 367 Å². The van der Waals surface area contributed by atoms with Gasteiger partial charge in [0, 0.05) is 25.7 Å². The van der Waals surface area contributed by atoms with Gasteiger partial charge in [-0.2, -0.15) is 0 Å². The number of esters is 5. The summed E-state index contributed by atoms with van der Waals surface area (Å²) in [7, 11) is 2.19. The van der Waals surface area contributed by atoms with Gasteiger partial charge in [0.05, 0.1) is 68.0 Å². The number of phosphoric acid groups is 2. The van der Waals surface area contributed by atoms with E-state index in [-0.39, 0.29) is 69.4 Å². The number of fused-ring (bicyclic) bond motifs is 2. The summed E-state index contributed by atoms with van der Waals surface area (Å²) in [4.78, 5) is 89.4. The van der Waals surface area contributed by atoms with E-state index in [1.807, 2.05) is 42.3 Å². The van der Waals surface area contributed by atoms with E-state index in [2.05, 4.69) is 26.0 Å². The number of quaternary nitrogens is 2. The van der Waals surface area contributed by atoms with Crippen LogP contribution in [-0.4, -0.2) is 153 Å². The molecule has 0 saturated heterocycles. The maximum absolute atomic E-state index is 13.3. The number of rotatable bonds is 77. The molecule has 0 aromatic heterocycles. The number of ether oxygens (including phenoxy) is 5. The molecule has 0 radical (unpaired) electrons. The van der Waals surface area contributed by atoms with Crippen LogP contribution in [0.25, 0.3) is 0 Å². The Kier molecular flexibility index (Phi) is 58.8. The highest BCUT2D eigenvalue weighted by Crippen LogP contribution is 2.55. The molecule has 2 rings (SSSR count). The van der Waals surface area contributed by atoms with Gasteiger partial charge in [0.25, 0.3) is 15.6 Å². The zero-order chi connectivity index (χ0) is 77.7. The first-order valence-electron chi connectivity index (χ1n) is 43.2. The number of likely N-dealkylation sites (N-methyl/N-ethyl adjacent to an activating group) is 2. The molecule has 0 aromatic rings. The van der Waals surface area contributed by atoms with Crippen molar-refractivity contribution in [2.24, 2.45) is 17.3 Å². The Hall–Kier alpha value is -2.77. The highest BCUT2D eigenvalue weighted by atomic mass is 31.2. The van der Waals surface area contributed by atoms with Crippen LogP contribution in [0.2, 0.25) is 0 Å². The fraction of sp³-hybridized carbons (Fsp3) is 0.917. The second-order valence-electron chi connectivity index (χ2n) is 33.4. The van der Waals surface area contributed by atoms with Gasteiger partial charge < -0.3 is 60.5 Å². The maximum atomic E-state index is 13.3. The average Bonchev–Trinajstić information content (AvgIpc) is 1.61. The van der Waals surface area contributed by atoms with E-state index in [1.54, 1.807) is 0 Å². The third-order valence-corrected chi connectivity index (χ3v) is 22.8. The molecule has 0 N–H and O–H groups in total. The number of nitrogens with zero attached hydrogens (tertiary/aromatic N) is 2. The van der Waals surface area contributed by atoms with Gasteiger partial charge in [0.2, 0.25) is 0 Å². The number of hydrogen-bond acceptors (Lipinski definition) is 18. The lowest BCUT2D eigenvalue weighted by Crippen LogP contribution is -2.37. The normalized spacial score (nSPS) is 17.5. The van der Waals surface area contributed by atoms with Crippen molar-refractivity contribution in [2.45, 2.75) is 379 Å². The van der Waals surface area contributed by atoms with Gasteiger partial charge in [0.15, 0.2) is 12.2 Å². The SMILES string of the molecule is CCCCCCCCCCCCCCCC(=O)OC[C@H](COP(=O)([O-])OCC[N+](C)(C)C)OC(=O)CCCCCCCCCCCCCCCC12C=CC(C1)C(C(=O)OCCCCCCCCCCCC(=O)O[C@@H](COC(=O)CCCCCCCCCCCCCCC)COP(=O)([O-])OCC[N+](C)(C)C)C2. The molecule has 2 aliphatic carbocycles. The van der Waals surface area contributed by atoms with E-state index in [0.717, 1.165) is 128 Å². The third kappa shape index (κ3) is 59.1. The number of carbonyl (C=O) groups excluding carboxylic acids is 5. The second kappa shape index (κ2) is 62.7. The van der Waals surface area contributed by atoms with Crippen molar-refractivity contribution in [1.29, 1.82) is 0 Å². The predicted octanol–water partition coefficient (Wildman–Crippen LogP) is 20.2. The topological polar surface area (TPSA) is 249 Å². The van der Waals surface area contributed by atoms with Crippen molar-refractivity contribution in [3.05, 3.63) is 12.2 Å². The Morgan fingerprint density at radius 1 is 0.368 bits per heavy atom. The fourth-order valence-electron chi connectivity index (χ4n) is 14.2. The van der Waals surface area contributed by atoms with Gasteiger partial charge in [-0.1, -0.05) is 302 Å². The molecule has 0 aromatic carbocycles. The Morgan fingerprint density at radius 3 is 0.981 bits per heavy atom. The fourth-order valence-corrected chi connectivity index (χ4v) is 15.6. The molecule has 22 heteroatoms. The minimum atomic E-state index is -4.68. The van der Waals surface area contributed by atoms with Crippen LogP contribution in [0.3, 0.4) is 0 Å². The van der Waals surface area contributed by atoms with Crippen LogP contribution in [0.4, 0.5) is 0 Å². The van der Waals surface area contributed by atoms with E-state index >= 15 is 0 Å². The van der Waals surface area contributed by atoms with E-state index in [1.165, 1.54) is 173 Å². The molecule has 5 unspecified atom stereocenters. The number of hydrogen-bond donors (Lipinski definition) is 0. The molecule has 0 aliphatic heterocycles. The Bertz CT molecular complexity index is 2350. The first-order chi connectivity index (χ1) is 50.9.